The molecule has 0 bridgehead atoms. The lowest BCUT2D eigenvalue weighted by molar-refractivity contribution is -0.121. The van der Waals surface area contributed by atoms with Crippen LogP contribution in [-0.2, 0) is 16.1 Å². The molecule has 0 aliphatic carbocycles. The average molecular weight is 398 g/mol. The molecule has 2 aromatic rings. The van der Waals surface area contributed by atoms with Crippen molar-refractivity contribution < 1.29 is 18.7 Å². The fourth-order valence-corrected chi connectivity index (χ4v) is 3.64. The highest BCUT2D eigenvalue weighted by molar-refractivity contribution is 5.97. The second-order valence-corrected chi connectivity index (χ2v) is 7.36. The van der Waals surface area contributed by atoms with E-state index in [2.05, 4.69) is 10.2 Å². The second-order valence-electron chi connectivity index (χ2n) is 7.36. The van der Waals surface area contributed by atoms with Crippen LogP contribution in [0, 0.1) is 18.7 Å². The first-order valence-corrected chi connectivity index (χ1v) is 10.0. The van der Waals surface area contributed by atoms with Gasteiger partial charge in [0, 0.05) is 18.2 Å². The molecule has 0 atom stereocenters. The smallest absolute Gasteiger partial charge is 0.338 e. The SMILES string of the molecule is CCOC(=O)c1cccc(NC(=O)C2CCN(Cc3ccc(F)cc3)CC2)c1C. The van der Waals surface area contributed by atoms with Crippen molar-refractivity contribution in [1.82, 2.24) is 4.90 Å². The average Bonchev–Trinajstić information content (AvgIpc) is 2.72. The number of carbonyl (C=O) groups is 2. The maximum Gasteiger partial charge on any atom is 0.338 e. The number of anilines is 1. The third-order valence-electron chi connectivity index (χ3n) is 5.36. The minimum Gasteiger partial charge on any atom is -0.462 e. The van der Waals surface area contributed by atoms with Gasteiger partial charge >= 0.3 is 5.97 Å². The van der Waals surface area contributed by atoms with Gasteiger partial charge in [-0.25, -0.2) is 9.18 Å². The third-order valence-corrected chi connectivity index (χ3v) is 5.36. The number of nitrogens with zero attached hydrogens (tertiary/aromatic N) is 1. The highest BCUT2D eigenvalue weighted by Crippen LogP contribution is 2.24. The maximum absolute atomic E-state index is 13.0. The van der Waals surface area contributed by atoms with Crippen LogP contribution in [0.2, 0.25) is 0 Å². The Morgan fingerprint density at radius 1 is 1.14 bits per heavy atom. The van der Waals surface area contributed by atoms with Crippen LogP contribution < -0.4 is 5.32 Å². The molecule has 0 saturated carbocycles. The largest absolute Gasteiger partial charge is 0.462 e. The van der Waals surface area contributed by atoms with E-state index < -0.39 is 0 Å². The van der Waals surface area contributed by atoms with Crippen LogP contribution in [0.4, 0.5) is 10.1 Å². The number of amides is 1. The fraction of sp³-hybridized carbons (Fsp3) is 0.391. The molecule has 0 spiro atoms. The van der Waals surface area contributed by atoms with Crippen LogP contribution in [0.5, 0.6) is 0 Å². The molecular weight excluding hydrogens is 371 g/mol. The van der Waals surface area contributed by atoms with E-state index in [4.69, 9.17) is 4.74 Å². The van der Waals surface area contributed by atoms with Gasteiger partial charge in [-0.05, 0) is 75.2 Å². The molecule has 1 aliphatic heterocycles. The van der Waals surface area contributed by atoms with Crippen molar-refractivity contribution in [3.05, 3.63) is 65.0 Å². The molecule has 1 heterocycles. The van der Waals surface area contributed by atoms with Crippen LogP contribution in [0.25, 0.3) is 0 Å². The maximum atomic E-state index is 13.0. The van der Waals surface area contributed by atoms with Gasteiger partial charge < -0.3 is 10.1 Å². The standard InChI is InChI=1S/C23H27FN2O3/c1-3-29-23(28)20-5-4-6-21(16(20)2)25-22(27)18-11-13-26(14-12-18)15-17-7-9-19(24)10-8-17/h4-10,18H,3,11-15H2,1-2H3,(H,25,27). The van der Waals surface area contributed by atoms with Gasteiger partial charge in [-0.15, -0.1) is 0 Å². The molecule has 0 radical (unpaired) electrons. The quantitative estimate of drug-likeness (QED) is 0.743. The number of ether oxygens (including phenoxy) is 1. The molecule has 1 N–H and O–H groups in total. The first-order chi connectivity index (χ1) is 14.0. The number of carbonyl (C=O) groups excluding carboxylic acids is 2. The predicted octanol–water partition coefficient (Wildman–Crippen LogP) is 4.16. The fourth-order valence-electron chi connectivity index (χ4n) is 3.64. The van der Waals surface area contributed by atoms with Crippen LogP contribution >= 0.6 is 0 Å². The number of esters is 1. The monoisotopic (exact) mass is 398 g/mol. The molecule has 1 amide bonds. The summed E-state index contributed by atoms with van der Waals surface area (Å²) in [6, 6.07) is 11.8. The number of rotatable bonds is 6. The summed E-state index contributed by atoms with van der Waals surface area (Å²) in [5.41, 5.74) is 2.90. The van der Waals surface area contributed by atoms with Crippen LogP contribution in [0.15, 0.2) is 42.5 Å². The number of likely N-dealkylation sites (tertiary alicyclic amines) is 1. The molecule has 0 aromatic heterocycles. The lowest BCUT2D eigenvalue weighted by Gasteiger charge is -2.31. The Balaban J connectivity index is 1.55. The van der Waals surface area contributed by atoms with E-state index in [-0.39, 0.29) is 23.6 Å². The number of nitrogens with one attached hydrogen (secondary N) is 1. The van der Waals surface area contributed by atoms with Crippen LogP contribution in [0.1, 0.15) is 41.3 Å². The summed E-state index contributed by atoms with van der Waals surface area (Å²) < 4.78 is 18.1. The summed E-state index contributed by atoms with van der Waals surface area (Å²) in [4.78, 5) is 27.1. The van der Waals surface area contributed by atoms with Gasteiger partial charge in [-0.1, -0.05) is 18.2 Å². The Hall–Kier alpha value is -2.73. The van der Waals surface area contributed by atoms with Gasteiger partial charge in [-0.3, -0.25) is 9.69 Å². The Morgan fingerprint density at radius 3 is 2.48 bits per heavy atom. The molecule has 1 aliphatic rings. The van der Waals surface area contributed by atoms with E-state index in [1.54, 1.807) is 37.3 Å². The van der Waals surface area contributed by atoms with Crippen molar-refractivity contribution in [1.29, 1.82) is 0 Å². The highest BCUT2D eigenvalue weighted by atomic mass is 19.1. The summed E-state index contributed by atoms with van der Waals surface area (Å²) in [5, 5.41) is 2.98. The Morgan fingerprint density at radius 2 is 1.83 bits per heavy atom. The minimum absolute atomic E-state index is 0.0180. The summed E-state index contributed by atoms with van der Waals surface area (Å²) in [6.07, 6.45) is 1.54. The van der Waals surface area contributed by atoms with Gasteiger partial charge in [-0.2, -0.15) is 0 Å². The van der Waals surface area contributed by atoms with Crippen molar-refractivity contribution in [2.24, 2.45) is 5.92 Å². The normalized spacial score (nSPS) is 15.1. The number of piperidine rings is 1. The molecule has 29 heavy (non-hydrogen) atoms. The Labute approximate surface area is 170 Å². The minimum atomic E-state index is -0.379. The Kier molecular flexibility index (Phi) is 6.99. The molecule has 2 aromatic carbocycles. The summed E-state index contributed by atoms with van der Waals surface area (Å²) in [7, 11) is 0. The molecule has 0 unspecified atom stereocenters. The first-order valence-electron chi connectivity index (χ1n) is 10.0. The van der Waals surface area contributed by atoms with E-state index >= 15 is 0 Å². The third kappa shape index (κ3) is 5.41. The van der Waals surface area contributed by atoms with Gasteiger partial charge in [0.05, 0.1) is 12.2 Å². The lowest BCUT2D eigenvalue weighted by Crippen LogP contribution is -2.37. The van der Waals surface area contributed by atoms with Crippen molar-refractivity contribution in [3.8, 4) is 0 Å². The number of benzene rings is 2. The molecule has 1 fully saturated rings. The Bertz CT molecular complexity index is 859. The highest BCUT2D eigenvalue weighted by Gasteiger charge is 2.25. The zero-order valence-electron chi connectivity index (χ0n) is 16.9. The van der Waals surface area contributed by atoms with E-state index in [0.717, 1.165) is 38.0 Å². The zero-order valence-corrected chi connectivity index (χ0v) is 16.9. The molecule has 6 heteroatoms. The number of hydrogen-bond donors (Lipinski definition) is 1. The molecule has 5 nitrogen and oxygen atoms in total. The van der Waals surface area contributed by atoms with E-state index in [1.165, 1.54) is 12.1 Å². The number of hydrogen-bond acceptors (Lipinski definition) is 4. The van der Waals surface area contributed by atoms with Gasteiger partial charge in [0.25, 0.3) is 0 Å². The van der Waals surface area contributed by atoms with Crippen molar-refractivity contribution >= 4 is 17.6 Å². The van der Waals surface area contributed by atoms with E-state index in [1.807, 2.05) is 6.92 Å². The van der Waals surface area contributed by atoms with Crippen LogP contribution in [0.3, 0.4) is 0 Å². The number of halogens is 1. The molecule has 3 rings (SSSR count). The summed E-state index contributed by atoms with van der Waals surface area (Å²) in [5.74, 6) is -0.692. The molecule has 1 saturated heterocycles. The zero-order chi connectivity index (χ0) is 20.8. The molecular formula is C23H27FN2O3. The van der Waals surface area contributed by atoms with Crippen molar-refractivity contribution in [3.63, 3.8) is 0 Å². The topological polar surface area (TPSA) is 58.6 Å². The second kappa shape index (κ2) is 9.65. The van der Waals surface area contributed by atoms with Crippen molar-refractivity contribution in [2.75, 3.05) is 25.0 Å². The predicted molar refractivity (Wildman–Crippen MR) is 110 cm³/mol. The van der Waals surface area contributed by atoms with Crippen molar-refractivity contribution in [2.45, 2.75) is 33.2 Å². The van der Waals surface area contributed by atoms with Gasteiger partial charge in [0.1, 0.15) is 5.82 Å². The van der Waals surface area contributed by atoms with E-state index in [0.29, 0.717) is 23.4 Å². The summed E-state index contributed by atoms with van der Waals surface area (Å²) in [6.45, 7) is 6.28. The van der Waals surface area contributed by atoms with E-state index in [9.17, 15) is 14.0 Å². The van der Waals surface area contributed by atoms with Gasteiger partial charge in [0.15, 0.2) is 0 Å². The summed E-state index contributed by atoms with van der Waals surface area (Å²) >= 11 is 0. The van der Waals surface area contributed by atoms with Crippen LogP contribution in [-0.4, -0.2) is 36.5 Å². The first kappa shape index (κ1) is 21.0. The lowest BCUT2D eigenvalue weighted by atomic mass is 9.95. The van der Waals surface area contributed by atoms with Gasteiger partial charge in [0.2, 0.25) is 5.91 Å². The molecule has 154 valence electrons.